The number of benzene rings is 4. The summed E-state index contributed by atoms with van der Waals surface area (Å²) in [5.41, 5.74) is 4.93. The fraction of sp³-hybridized carbons (Fsp3) is 0.409. The number of carbonyl (C=O) groups is 2. The maximum absolute atomic E-state index is 12.9. The molecule has 0 bridgehead atoms. The van der Waals surface area contributed by atoms with Gasteiger partial charge in [0.15, 0.2) is 0 Å². The van der Waals surface area contributed by atoms with Crippen molar-refractivity contribution in [2.45, 2.75) is 95.8 Å². The van der Waals surface area contributed by atoms with E-state index in [-0.39, 0.29) is 18.2 Å². The van der Waals surface area contributed by atoms with Crippen molar-refractivity contribution >= 4 is 12.1 Å². The predicted octanol–water partition coefficient (Wildman–Crippen LogP) is 11.2. The SMILES string of the molecule is COc1ccc(C2(C)CCC(C(C)C)C(c3ccc(OC(=O)Oc4ccc(C5(c6ccc(OC(C)=O)cc6)CCCCC5)cc4)cc3)C2)cc1.[HH]. The van der Waals surface area contributed by atoms with Gasteiger partial charge in [0.2, 0.25) is 0 Å². The van der Waals surface area contributed by atoms with Crippen LogP contribution in [0.2, 0.25) is 0 Å². The lowest BCUT2D eigenvalue weighted by Crippen LogP contribution is -2.35. The molecule has 2 saturated carbocycles. The van der Waals surface area contributed by atoms with Crippen molar-refractivity contribution in [3.05, 3.63) is 119 Å². The minimum atomic E-state index is -0.760. The largest absolute Gasteiger partial charge is 0.519 e. The monoisotopic (exact) mass is 676 g/mol. The third-order valence-corrected chi connectivity index (χ3v) is 11.4. The standard InChI is InChI=1S/C44H50O6.H2/c1-30(2)40-25-28-43(4,33-11-19-36(47-5)20-12-33)29-41(40)32-9-17-38(18-10-32)49-42(46)50-39-23-15-35(16-24-39)44(26-7-6-8-27-44)34-13-21-37(22-14-34)48-31(3)45;/h9-24,30,40-41H,6-8,25-29H2,1-5H3;1H. The Morgan fingerprint density at radius 2 is 1.14 bits per heavy atom. The summed E-state index contributed by atoms with van der Waals surface area (Å²) < 4.78 is 21.9. The quantitative estimate of drug-likeness (QED) is 0.0998. The molecule has 0 aliphatic heterocycles. The van der Waals surface area contributed by atoms with Gasteiger partial charge in [-0.1, -0.05) is 88.6 Å². The zero-order valence-corrected chi connectivity index (χ0v) is 30.1. The van der Waals surface area contributed by atoms with Crippen molar-refractivity contribution in [2.24, 2.45) is 11.8 Å². The number of rotatable bonds is 9. The molecule has 50 heavy (non-hydrogen) atoms. The smallest absolute Gasteiger partial charge is 0.497 e. The second kappa shape index (κ2) is 15.1. The van der Waals surface area contributed by atoms with Crippen LogP contribution < -0.4 is 18.9 Å². The van der Waals surface area contributed by atoms with Gasteiger partial charge in [-0.3, -0.25) is 4.79 Å². The van der Waals surface area contributed by atoms with E-state index in [2.05, 4.69) is 81.4 Å². The van der Waals surface area contributed by atoms with Crippen LogP contribution in [-0.4, -0.2) is 19.2 Å². The average molecular weight is 677 g/mol. The zero-order chi connectivity index (χ0) is 35.3. The van der Waals surface area contributed by atoms with Gasteiger partial charge in [-0.2, -0.15) is 0 Å². The van der Waals surface area contributed by atoms with Crippen molar-refractivity contribution in [3.8, 4) is 23.0 Å². The molecule has 0 spiro atoms. The lowest BCUT2D eigenvalue weighted by molar-refractivity contribution is -0.131. The van der Waals surface area contributed by atoms with Crippen molar-refractivity contribution in [1.82, 2.24) is 0 Å². The van der Waals surface area contributed by atoms with E-state index in [1.165, 1.54) is 35.6 Å². The highest BCUT2D eigenvalue weighted by Gasteiger charge is 2.40. The first-order valence-corrected chi connectivity index (χ1v) is 18.1. The number of hydrogen-bond donors (Lipinski definition) is 0. The molecule has 2 fully saturated rings. The topological polar surface area (TPSA) is 71.1 Å². The van der Waals surface area contributed by atoms with Gasteiger partial charge in [-0.25, -0.2) is 4.79 Å². The summed E-state index contributed by atoms with van der Waals surface area (Å²) in [5.74, 6) is 3.54. The molecule has 0 amide bonds. The van der Waals surface area contributed by atoms with Crippen LogP contribution in [0.5, 0.6) is 23.0 Å². The van der Waals surface area contributed by atoms with Crippen LogP contribution in [0, 0.1) is 11.8 Å². The van der Waals surface area contributed by atoms with Gasteiger partial charge in [0.25, 0.3) is 0 Å². The van der Waals surface area contributed by atoms with Crippen LogP contribution >= 0.6 is 0 Å². The van der Waals surface area contributed by atoms with Crippen LogP contribution in [0.4, 0.5) is 4.79 Å². The van der Waals surface area contributed by atoms with Gasteiger partial charge in [-0.15, -0.1) is 0 Å². The number of ether oxygens (including phenoxy) is 4. The Balaban J connectivity index is 0.00000504. The molecule has 6 heteroatoms. The Labute approximate surface area is 298 Å². The third kappa shape index (κ3) is 7.75. The molecule has 3 atom stereocenters. The van der Waals surface area contributed by atoms with Gasteiger partial charge in [-0.05, 0) is 126 Å². The van der Waals surface area contributed by atoms with Crippen molar-refractivity contribution < 1.29 is 30.0 Å². The first-order chi connectivity index (χ1) is 24.1. The van der Waals surface area contributed by atoms with Gasteiger partial charge in [0, 0.05) is 13.8 Å². The van der Waals surface area contributed by atoms with Crippen LogP contribution in [0.3, 0.4) is 0 Å². The highest BCUT2D eigenvalue weighted by molar-refractivity contribution is 5.69. The summed E-state index contributed by atoms with van der Waals surface area (Å²) >= 11 is 0. The normalized spacial score (nSPS) is 21.6. The van der Waals surface area contributed by atoms with Crippen molar-refractivity contribution in [3.63, 3.8) is 0 Å². The second-order valence-electron chi connectivity index (χ2n) is 14.9. The van der Waals surface area contributed by atoms with Crippen LogP contribution in [-0.2, 0) is 15.6 Å². The van der Waals surface area contributed by atoms with Gasteiger partial charge in [0.05, 0.1) is 7.11 Å². The Morgan fingerprint density at radius 3 is 1.64 bits per heavy atom. The molecule has 2 aliphatic carbocycles. The maximum Gasteiger partial charge on any atom is 0.519 e. The molecule has 2 aliphatic rings. The molecule has 6 nitrogen and oxygen atoms in total. The lowest BCUT2D eigenvalue weighted by Gasteiger charge is -2.45. The minimum Gasteiger partial charge on any atom is -0.497 e. The van der Waals surface area contributed by atoms with E-state index >= 15 is 0 Å². The summed E-state index contributed by atoms with van der Waals surface area (Å²) in [6, 6.07) is 32.2. The van der Waals surface area contributed by atoms with Crippen molar-refractivity contribution in [1.29, 1.82) is 0 Å². The van der Waals surface area contributed by atoms with Crippen LogP contribution in [0.1, 0.15) is 109 Å². The van der Waals surface area contributed by atoms with E-state index in [0.717, 1.165) is 50.7 Å². The van der Waals surface area contributed by atoms with Crippen LogP contribution in [0.25, 0.3) is 0 Å². The lowest BCUT2D eigenvalue weighted by atomic mass is 9.59. The first kappa shape index (κ1) is 35.3. The molecule has 0 aromatic heterocycles. The molecule has 4 aromatic rings. The van der Waals surface area contributed by atoms with Crippen LogP contribution in [0.15, 0.2) is 97.1 Å². The van der Waals surface area contributed by atoms with E-state index in [0.29, 0.717) is 35.0 Å². The van der Waals surface area contributed by atoms with E-state index in [9.17, 15) is 9.59 Å². The molecule has 3 unspecified atom stereocenters. The molecule has 0 radical (unpaired) electrons. The summed E-state index contributed by atoms with van der Waals surface area (Å²) in [4.78, 5) is 24.3. The van der Waals surface area contributed by atoms with Gasteiger partial charge >= 0.3 is 12.1 Å². The Morgan fingerprint density at radius 1 is 0.660 bits per heavy atom. The predicted molar refractivity (Wildman–Crippen MR) is 199 cm³/mol. The molecule has 4 aromatic carbocycles. The van der Waals surface area contributed by atoms with Gasteiger partial charge < -0.3 is 18.9 Å². The van der Waals surface area contributed by atoms with E-state index in [1.54, 1.807) is 7.11 Å². The molecular weight excluding hydrogens is 624 g/mol. The molecule has 6 rings (SSSR count). The summed E-state index contributed by atoms with van der Waals surface area (Å²) in [7, 11) is 1.70. The van der Waals surface area contributed by atoms with E-state index < -0.39 is 6.16 Å². The molecule has 0 saturated heterocycles. The Hall–Kier alpha value is -4.58. The first-order valence-electron chi connectivity index (χ1n) is 18.1. The summed E-state index contributed by atoms with van der Waals surface area (Å²) in [6.07, 6.45) is 8.14. The zero-order valence-electron chi connectivity index (χ0n) is 30.1. The highest BCUT2D eigenvalue weighted by Crippen LogP contribution is 2.51. The van der Waals surface area contributed by atoms with Gasteiger partial charge in [0.1, 0.15) is 23.0 Å². The summed E-state index contributed by atoms with van der Waals surface area (Å²) in [5, 5.41) is 0. The second-order valence-corrected chi connectivity index (χ2v) is 14.9. The average Bonchev–Trinajstić information content (AvgIpc) is 3.12. The Kier molecular flexibility index (Phi) is 10.7. The summed E-state index contributed by atoms with van der Waals surface area (Å²) in [6.45, 7) is 8.45. The number of hydrogen-bond acceptors (Lipinski definition) is 6. The molecule has 0 N–H and O–H groups in total. The van der Waals surface area contributed by atoms with E-state index in [1.807, 2.05) is 36.4 Å². The minimum absolute atomic E-state index is 0. The van der Waals surface area contributed by atoms with E-state index in [4.69, 9.17) is 18.9 Å². The maximum atomic E-state index is 12.9. The Bertz CT molecular complexity index is 1740. The van der Waals surface area contributed by atoms with Crippen molar-refractivity contribution in [2.75, 3.05) is 7.11 Å². The molecule has 264 valence electrons. The highest BCUT2D eigenvalue weighted by atomic mass is 16.7. The number of esters is 1. The number of methoxy groups -OCH3 is 1. The number of carbonyl (C=O) groups excluding carboxylic acids is 2. The fourth-order valence-corrected chi connectivity index (χ4v) is 8.59. The molecule has 0 heterocycles. The fourth-order valence-electron chi connectivity index (χ4n) is 8.59. The molecular formula is C44H52O6. The third-order valence-electron chi connectivity index (χ3n) is 11.4.